The largest absolute Gasteiger partial charge is 0.464 e. The fraction of sp³-hybridized carbons (Fsp3) is 0.692. The number of hydrogen-bond donors (Lipinski definition) is 0. The molecule has 5 nitrogen and oxygen atoms in total. The van der Waals surface area contributed by atoms with Gasteiger partial charge in [-0.2, -0.15) is 0 Å². The number of unbranched alkanes of at least 4 members (excludes halogenated alkanes) is 2. The summed E-state index contributed by atoms with van der Waals surface area (Å²) in [6.07, 6.45) is 7.67. The molecule has 0 N–H and O–H groups in total. The van der Waals surface area contributed by atoms with E-state index in [-0.39, 0.29) is 23.8 Å². The first-order valence-electron chi connectivity index (χ1n) is 12.2. The zero-order chi connectivity index (χ0) is 22.9. The number of carbonyl (C=O) groups excluding carboxylic acids is 2. The molecule has 5 heteroatoms. The normalized spacial score (nSPS) is 12.8. The van der Waals surface area contributed by atoms with Crippen molar-refractivity contribution in [2.24, 2.45) is 11.8 Å². The van der Waals surface area contributed by atoms with Gasteiger partial charge in [0.1, 0.15) is 13.2 Å². The SMILES string of the molecule is CCCCC(CC)C(=O)OCCN(CCOC(=O)C(CC)CCCC)c1ccccc1. The molecule has 0 aromatic heterocycles. The summed E-state index contributed by atoms with van der Waals surface area (Å²) in [5, 5.41) is 0. The summed E-state index contributed by atoms with van der Waals surface area (Å²) < 4.78 is 11.2. The average molecular weight is 434 g/mol. The maximum Gasteiger partial charge on any atom is 0.308 e. The van der Waals surface area contributed by atoms with Gasteiger partial charge in [-0.15, -0.1) is 0 Å². The molecule has 0 aliphatic heterocycles. The van der Waals surface area contributed by atoms with Gasteiger partial charge in [0, 0.05) is 5.69 Å². The van der Waals surface area contributed by atoms with Crippen LogP contribution in [0, 0.1) is 11.8 Å². The van der Waals surface area contributed by atoms with Crippen LogP contribution in [-0.2, 0) is 19.1 Å². The van der Waals surface area contributed by atoms with Crippen molar-refractivity contribution in [2.45, 2.75) is 79.1 Å². The standard InChI is InChI=1S/C26H43NO4/c1-5-9-14-22(7-3)25(28)30-20-18-27(24-16-12-11-13-17-24)19-21-31-26(29)23(8-4)15-10-6-2/h11-13,16-17,22-23H,5-10,14-15,18-21H2,1-4H3. The van der Waals surface area contributed by atoms with Crippen molar-refractivity contribution in [3.05, 3.63) is 30.3 Å². The minimum Gasteiger partial charge on any atom is -0.464 e. The molecule has 0 spiro atoms. The van der Waals surface area contributed by atoms with Gasteiger partial charge in [0.25, 0.3) is 0 Å². The highest BCUT2D eigenvalue weighted by molar-refractivity contribution is 5.72. The van der Waals surface area contributed by atoms with Gasteiger partial charge >= 0.3 is 11.9 Å². The monoisotopic (exact) mass is 433 g/mol. The van der Waals surface area contributed by atoms with Crippen LogP contribution in [0.25, 0.3) is 0 Å². The number of nitrogens with zero attached hydrogens (tertiary/aromatic N) is 1. The molecule has 0 radical (unpaired) electrons. The second-order valence-corrected chi connectivity index (χ2v) is 8.15. The van der Waals surface area contributed by atoms with E-state index in [9.17, 15) is 9.59 Å². The van der Waals surface area contributed by atoms with Crippen molar-refractivity contribution < 1.29 is 19.1 Å². The summed E-state index contributed by atoms with van der Waals surface area (Å²) in [4.78, 5) is 26.9. The molecule has 0 saturated carbocycles. The van der Waals surface area contributed by atoms with E-state index in [1.54, 1.807) is 0 Å². The molecule has 1 aromatic rings. The number of para-hydroxylation sites is 1. The van der Waals surface area contributed by atoms with E-state index in [1.807, 2.05) is 44.2 Å². The Morgan fingerprint density at radius 1 is 0.774 bits per heavy atom. The molecule has 0 fully saturated rings. The minimum atomic E-state index is -0.0999. The third kappa shape index (κ3) is 10.7. The summed E-state index contributed by atoms with van der Waals surface area (Å²) in [6, 6.07) is 9.98. The number of anilines is 1. The van der Waals surface area contributed by atoms with Gasteiger partial charge in [-0.1, -0.05) is 71.6 Å². The van der Waals surface area contributed by atoms with Gasteiger partial charge < -0.3 is 14.4 Å². The lowest BCUT2D eigenvalue weighted by atomic mass is 10.00. The number of ether oxygens (including phenoxy) is 2. The van der Waals surface area contributed by atoms with E-state index in [0.717, 1.165) is 57.1 Å². The maximum absolute atomic E-state index is 12.4. The highest BCUT2D eigenvalue weighted by Crippen LogP contribution is 2.17. The molecule has 1 rings (SSSR count). The predicted octanol–water partition coefficient (Wildman–Crippen LogP) is 6.01. The number of esters is 2. The topological polar surface area (TPSA) is 55.8 Å². The number of rotatable bonds is 17. The maximum atomic E-state index is 12.4. The molecule has 0 heterocycles. The number of carbonyl (C=O) groups is 2. The predicted molar refractivity (Wildman–Crippen MR) is 127 cm³/mol. The van der Waals surface area contributed by atoms with E-state index in [1.165, 1.54) is 0 Å². The van der Waals surface area contributed by atoms with Crippen molar-refractivity contribution >= 4 is 17.6 Å². The van der Waals surface area contributed by atoms with Crippen LogP contribution in [-0.4, -0.2) is 38.2 Å². The van der Waals surface area contributed by atoms with E-state index < -0.39 is 0 Å². The molecule has 2 unspecified atom stereocenters. The van der Waals surface area contributed by atoms with Gasteiger partial charge in [0.15, 0.2) is 0 Å². The third-order valence-electron chi connectivity index (χ3n) is 5.80. The molecule has 1 aromatic carbocycles. The van der Waals surface area contributed by atoms with Crippen LogP contribution in [0.2, 0.25) is 0 Å². The first-order chi connectivity index (χ1) is 15.1. The van der Waals surface area contributed by atoms with Gasteiger partial charge in [0.05, 0.1) is 24.9 Å². The van der Waals surface area contributed by atoms with Crippen LogP contribution in [0.3, 0.4) is 0 Å². The zero-order valence-electron chi connectivity index (χ0n) is 20.1. The van der Waals surface area contributed by atoms with Crippen LogP contribution >= 0.6 is 0 Å². The van der Waals surface area contributed by atoms with E-state index >= 15 is 0 Å². The minimum absolute atomic E-state index is 0.0137. The van der Waals surface area contributed by atoms with Crippen molar-refractivity contribution in [1.29, 1.82) is 0 Å². The fourth-order valence-electron chi connectivity index (χ4n) is 3.64. The molecular weight excluding hydrogens is 390 g/mol. The molecular formula is C26H43NO4. The van der Waals surface area contributed by atoms with Gasteiger partial charge in [-0.25, -0.2) is 0 Å². The second kappa shape index (κ2) is 16.6. The summed E-state index contributed by atoms with van der Waals surface area (Å²) in [5.41, 5.74) is 1.03. The van der Waals surface area contributed by atoms with Crippen LogP contribution in [0.4, 0.5) is 5.69 Å². The summed E-state index contributed by atoms with van der Waals surface area (Å²) in [7, 11) is 0. The Labute approximate surface area is 189 Å². The Kier molecular flexibility index (Phi) is 14.5. The Hall–Kier alpha value is -2.04. The molecule has 0 amide bonds. The number of hydrogen-bond acceptors (Lipinski definition) is 5. The fourth-order valence-corrected chi connectivity index (χ4v) is 3.64. The van der Waals surface area contributed by atoms with Crippen molar-refractivity contribution in [3.63, 3.8) is 0 Å². The first kappa shape index (κ1) is 27.0. The highest BCUT2D eigenvalue weighted by Gasteiger charge is 2.19. The lowest BCUT2D eigenvalue weighted by molar-refractivity contribution is -0.149. The van der Waals surface area contributed by atoms with E-state index in [4.69, 9.17) is 9.47 Å². The highest BCUT2D eigenvalue weighted by atomic mass is 16.5. The van der Waals surface area contributed by atoms with E-state index in [0.29, 0.717) is 26.3 Å². The van der Waals surface area contributed by atoms with Gasteiger partial charge in [0.2, 0.25) is 0 Å². The van der Waals surface area contributed by atoms with Crippen molar-refractivity contribution in [1.82, 2.24) is 0 Å². The Bertz CT molecular complexity index is 571. The Morgan fingerprint density at radius 2 is 1.23 bits per heavy atom. The zero-order valence-corrected chi connectivity index (χ0v) is 20.1. The van der Waals surface area contributed by atoms with Crippen LogP contribution in [0.15, 0.2) is 30.3 Å². The molecule has 2 atom stereocenters. The lowest BCUT2D eigenvalue weighted by Crippen LogP contribution is -2.33. The Morgan fingerprint density at radius 3 is 1.61 bits per heavy atom. The van der Waals surface area contributed by atoms with E-state index in [2.05, 4.69) is 18.7 Å². The second-order valence-electron chi connectivity index (χ2n) is 8.15. The van der Waals surface area contributed by atoms with Gasteiger partial charge in [-0.05, 0) is 37.8 Å². The van der Waals surface area contributed by atoms with Crippen LogP contribution in [0.5, 0.6) is 0 Å². The van der Waals surface area contributed by atoms with Crippen molar-refractivity contribution in [2.75, 3.05) is 31.2 Å². The molecule has 0 saturated heterocycles. The van der Waals surface area contributed by atoms with Gasteiger partial charge in [-0.3, -0.25) is 9.59 Å². The third-order valence-corrected chi connectivity index (χ3v) is 5.80. The summed E-state index contributed by atoms with van der Waals surface area (Å²) in [5.74, 6) is -0.227. The van der Waals surface area contributed by atoms with Crippen LogP contribution < -0.4 is 4.90 Å². The lowest BCUT2D eigenvalue weighted by Gasteiger charge is -2.25. The molecule has 176 valence electrons. The van der Waals surface area contributed by atoms with Crippen LogP contribution in [0.1, 0.15) is 79.1 Å². The molecule has 0 aliphatic carbocycles. The summed E-state index contributed by atoms with van der Waals surface area (Å²) in [6.45, 7) is 10.2. The smallest absolute Gasteiger partial charge is 0.308 e. The Balaban J connectivity index is 2.57. The quantitative estimate of drug-likeness (QED) is 0.282. The van der Waals surface area contributed by atoms with Crippen molar-refractivity contribution in [3.8, 4) is 0 Å². The summed E-state index contributed by atoms with van der Waals surface area (Å²) >= 11 is 0. The number of benzene rings is 1. The molecule has 0 aliphatic rings. The molecule has 31 heavy (non-hydrogen) atoms. The molecule has 0 bridgehead atoms. The average Bonchev–Trinajstić information content (AvgIpc) is 2.79. The first-order valence-corrected chi connectivity index (χ1v) is 12.2.